The number of hydrogen-bond donors (Lipinski definition) is 1. The van der Waals surface area contributed by atoms with Gasteiger partial charge < -0.3 is 9.45 Å². The van der Waals surface area contributed by atoms with Crippen LogP contribution in [0.3, 0.4) is 0 Å². The van der Waals surface area contributed by atoms with Crippen LogP contribution in [0.1, 0.15) is 103 Å². The molecule has 1 rings (SSSR count). The van der Waals surface area contributed by atoms with E-state index in [1.54, 1.807) is 6.07 Å². The second-order valence-electron chi connectivity index (χ2n) is 8.28. The Morgan fingerprint density at radius 2 is 1.28 bits per heavy atom. The fraction of sp³-hybridized carbons (Fsp3) is 0.750. The van der Waals surface area contributed by atoms with E-state index >= 15 is 0 Å². The lowest BCUT2D eigenvalue weighted by molar-refractivity contribution is -0.834. The highest BCUT2D eigenvalue weighted by atomic mass is 32.2. The zero-order chi connectivity index (χ0) is 21.5. The van der Waals surface area contributed by atoms with Crippen molar-refractivity contribution in [1.29, 1.82) is 0 Å². The summed E-state index contributed by atoms with van der Waals surface area (Å²) in [6.07, 6.45) is 15.6. The Labute approximate surface area is 179 Å². The van der Waals surface area contributed by atoms with Crippen LogP contribution < -0.4 is 4.90 Å². The Balaban J connectivity index is 2.66. The number of rotatable bonds is 17. The Morgan fingerprint density at radius 1 is 0.759 bits per heavy atom. The van der Waals surface area contributed by atoms with E-state index in [2.05, 4.69) is 20.8 Å². The predicted octanol–water partition coefficient (Wildman–Crippen LogP) is 5.39. The average molecular weight is 426 g/mol. The summed E-state index contributed by atoms with van der Waals surface area (Å²) in [6, 6.07) is 5.24. The van der Waals surface area contributed by atoms with Gasteiger partial charge in [-0.1, -0.05) is 90.7 Å². The number of aryl methyl sites for hydroxylation is 1. The van der Waals surface area contributed by atoms with Gasteiger partial charge in [-0.15, -0.1) is 0 Å². The Morgan fingerprint density at radius 3 is 1.76 bits per heavy atom. The first kappa shape index (κ1) is 26.1. The molecule has 0 bridgehead atoms. The molecule has 0 amide bonds. The van der Waals surface area contributed by atoms with Gasteiger partial charge in [-0.2, -0.15) is 0 Å². The first-order chi connectivity index (χ1) is 14.0. The van der Waals surface area contributed by atoms with Crippen LogP contribution in [0, 0.1) is 0 Å². The molecule has 5 heteroatoms. The van der Waals surface area contributed by atoms with Gasteiger partial charge >= 0.3 is 0 Å². The maximum atomic E-state index is 11.9. The van der Waals surface area contributed by atoms with E-state index in [-0.39, 0.29) is 4.90 Å². The molecule has 0 spiro atoms. The van der Waals surface area contributed by atoms with Crippen LogP contribution in [0.15, 0.2) is 23.1 Å². The van der Waals surface area contributed by atoms with Crippen LogP contribution >= 0.6 is 0 Å². The van der Waals surface area contributed by atoms with Crippen LogP contribution in [-0.2, 0) is 16.5 Å². The number of benzene rings is 1. The monoisotopic (exact) mass is 425 g/mol. The Bertz CT molecular complexity index is 652. The van der Waals surface area contributed by atoms with Gasteiger partial charge in [0.15, 0.2) is 5.69 Å². The van der Waals surface area contributed by atoms with Crippen molar-refractivity contribution in [2.45, 2.75) is 109 Å². The molecule has 0 radical (unpaired) electrons. The summed E-state index contributed by atoms with van der Waals surface area (Å²) in [7, 11) is -4.46. The van der Waals surface area contributed by atoms with Crippen molar-refractivity contribution < 1.29 is 17.9 Å². The van der Waals surface area contributed by atoms with Crippen molar-refractivity contribution in [2.75, 3.05) is 13.1 Å². The average Bonchev–Trinajstić information content (AvgIpc) is 2.68. The van der Waals surface area contributed by atoms with Crippen molar-refractivity contribution in [3.05, 3.63) is 23.8 Å². The van der Waals surface area contributed by atoms with Crippen LogP contribution in [0.25, 0.3) is 0 Å². The summed E-state index contributed by atoms with van der Waals surface area (Å²) < 4.78 is 35.7. The second kappa shape index (κ2) is 15.0. The highest BCUT2D eigenvalue weighted by Crippen LogP contribution is 2.24. The second-order valence-corrected chi connectivity index (χ2v) is 9.63. The molecule has 1 aromatic carbocycles. The largest absolute Gasteiger partial charge is 0.744 e. The van der Waals surface area contributed by atoms with E-state index in [4.69, 9.17) is 0 Å². The Hall–Kier alpha value is -0.910. The number of quaternary nitrogens is 1. The highest BCUT2D eigenvalue weighted by Gasteiger charge is 2.23. The van der Waals surface area contributed by atoms with Gasteiger partial charge in [0, 0.05) is 5.56 Å². The maximum absolute atomic E-state index is 11.9. The molecule has 0 aromatic heterocycles. The van der Waals surface area contributed by atoms with Gasteiger partial charge in [0.25, 0.3) is 0 Å². The minimum atomic E-state index is -4.46. The van der Waals surface area contributed by atoms with E-state index in [0.29, 0.717) is 0 Å². The van der Waals surface area contributed by atoms with E-state index in [0.717, 1.165) is 54.9 Å². The molecule has 4 nitrogen and oxygen atoms in total. The van der Waals surface area contributed by atoms with Crippen molar-refractivity contribution >= 4 is 15.8 Å². The predicted molar refractivity (Wildman–Crippen MR) is 121 cm³/mol. The number of unbranched alkanes of at least 4 members (excludes halogenated alkanes) is 9. The fourth-order valence-electron chi connectivity index (χ4n) is 4.18. The molecule has 0 saturated heterocycles. The molecule has 168 valence electrons. The van der Waals surface area contributed by atoms with Crippen molar-refractivity contribution in [2.24, 2.45) is 0 Å². The molecule has 0 unspecified atom stereocenters. The summed E-state index contributed by atoms with van der Waals surface area (Å²) in [6.45, 7) is 8.16. The molecular formula is C24H43NO3S. The van der Waals surface area contributed by atoms with Gasteiger partial charge in [-0.3, -0.25) is 0 Å². The summed E-state index contributed by atoms with van der Waals surface area (Å²) in [5.74, 6) is 0. The lowest BCUT2D eigenvalue weighted by atomic mass is 10.0. The molecule has 1 aromatic rings. The third kappa shape index (κ3) is 10.1. The minimum absolute atomic E-state index is 0.0148. The number of para-hydroxylation sites is 1. The smallest absolute Gasteiger partial charge is 0.152 e. The summed E-state index contributed by atoms with van der Waals surface area (Å²) >= 11 is 0. The molecule has 1 N–H and O–H groups in total. The zero-order valence-corrected chi connectivity index (χ0v) is 19.8. The standard InChI is InChI=1S/C24H43NO3S/c1-4-7-8-9-10-11-12-13-14-15-17-22-18-16-19-23(29(26,27)28)24(22)25(20-5-2)21-6-3/h16,18-19H,4-15,17,20-21H2,1-3H3,(H,26,27,28). The normalized spacial score (nSPS) is 12.0. The molecule has 29 heavy (non-hydrogen) atoms. The van der Waals surface area contributed by atoms with Crippen LogP contribution in [-0.4, -0.2) is 26.1 Å². The highest BCUT2D eigenvalue weighted by molar-refractivity contribution is 7.85. The lowest BCUT2D eigenvalue weighted by Crippen LogP contribution is -3.07. The van der Waals surface area contributed by atoms with Crippen molar-refractivity contribution in [3.63, 3.8) is 0 Å². The van der Waals surface area contributed by atoms with Gasteiger partial charge in [-0.25, -0.2) is 8.42 Å². The summed E-state index contributed by atoms with van der Waals surface area (Å²) in [5, 5.41) is 0. The third-order valence-corrected chi connectivity index (χ3v) is 6.52. The van der Waals surface area contributed by atoms with E-state index in [1.807, 2.05) is 6.07 Å². The molecule has 0 aliphatic heterocycles. The first-order valence-corrected chi connectivity index (χ1v) is 13.3. The molecule has 0 aliphatic rings. The van der Waals surface area contributed by atoms with Gasteiger partial charge in [-0.05, 0) is 31.7 Å². The lowest BCUT2D eigenvalue weighted by Gasteiger charge is -2.24. The fourth-order valence-corrected chi connectivity index (χ4v) is 4.95. The van der Waals surface area contributed by atoms with Crippen LogP contribution in [0.4, 0.5) is 5.69 Å². The number of hydrogen-bond acceptors (Lipinski definition) is 3. The van der Waals surface area contributed by atoms with Crippen LogP contribution in [0.5, 0.6) is 0 Å². The maximum Gasteiger partial charge on any atom is 0.152 e. The SMILES string of the molecule is CCCCCCCCCCCCc1cccc(S(=O)(=O)[O-])c1[NH+](CCC)CCC. The zero-order valence-electron chi connectivity index (χ0n) is 19.0. The first-order valence-electron chi connectivity index (χ1n) is 11.9. The quantitative estimate of drug-likeness (QED) is 0.269. The molecule has 0 fully saturated rings. The molecule has 0 saturated carbocycles. The molecule has 0 atom stereocenters. The topological polar surface area (TPSA) is 61.6 Å². The van der Waals surface area contributed by atoms with Crippen molar-refractivity contribution in [1.82, 2.24) is 0 Å². The summed E-state index contributed by atoms with van der Waals surface area (Å²) in [4.78, 5) is 1.12. The molecule has 0 heterocycles. The van der Waals surface area contributed by atoms with Gasteiger partial charge in [0.05, 0.1) is 13.1 Å². The summed E-state index contributed by atoms with van der Waals surface area (Å²) in [5.41, 5.74) is 1.78. The van der Waals surface area contributed by atoms with E-state index < -0.39 is 10.1 Å². The third-order valence-electron chi connectivity index (χ3n) is 5.64. The van der Waals surface area contributed by atoms with Gasteiger partial charge in [0.1, 0.15) is 15.0 Å². The minimum Gasteiger partial charge on any atom is -0.744 e. The van der Waals surface area contributed by atoms with Gasteiger partial charge in [0.2, 0.25) is 0 Å². The number of nitrogens with one attached hydrogen (secondary N) is 1. The molecular weight excluding hydrogens is 382 g/mol. The molecule has 0 aliphatic carbocycles. The van der Waals surface area contributed by atoms with E-state index in [9.17, 15) is 13.0 Å². The van der Waals surface area contributed by atoms with Crippen molar-refractivity contribution in [3.8, 4) is 0 Å². The van der Waals surface area contributed by atoms with Crippen LogP contribution in [0.2, 0.25) is 0 Å². The Kier molecular flexibility index (Phi) is 13.5. The van der Waals surface area contributed by atoms with E-state index in [1.165, 1.54) is 63.9 Å².